The molecule has 1 atom stereocenters. The Hall–Kier alpha value is -3.18. The molecule has 2 aromatic rings. The van der Waals surface area contributed by atoms with Crippen molar-refractivity contribution in [2.24, 2.45) is 0 Å². The summed E-state index contributed by atoms with van der Waals surface area (Å²) in [5.41, 5.74) is 0.0217. The molecule has 0 aliphatic heterocycles. The first kappa shape index (κ1) is 33.0. The number of carbonyl (C=O) groups excluding carboxylic acids is 1. The molecule has 1 amide bonds. The van der Waals surface area contributed by atoms with Gasteiger partial charge in [-0.2, -0.15) is 8.78 Å². The fraction of sp³-hybridized carbons (Fsp3) is 0.517. The second-order valence-corrected chi connectivity index (χ2v) is 9.84. The summed E-state index contributed by atoms with van der Waals surface area (Å²) in [5.74, 6) is -8.52. The predicted molar refractivity (Wildman–Crippen MR) is 142 cm³/mol. The first-order valence-corrected chi connectivity index (χ1v) is 13.3. The molecular weight excluding hydrogens is 532 g/mol. The van der Waals surface area contributed by atoms with E-state index in [4.69, 9.17) is 14.6 Å². The lowest BCUT2D eigenvalue weighted by atomic mass is 10.1. The molecule has 0 saturated carbocycles. The highest BCUT2D eigenvalue weighted by Crippen LogP contribution is 2.30. The molecule has 2 N–H and O–H groups in total. The van der Waals surface area contributed by atoms with E-state index in [1.54, 1.807) is 38.4 Å². The standard InChI is InChI=1S/C29H38F4N2O5/c1-35(2)18-21(17-24(37)38)34-23(36)13-9-4-3-5-10-15-39-19-22-25(30)27(32)29(28(33)26(22)31)40-16-14-20-11-7-6-8-12-20/h6-8,11-12,21H,3-5,9-10,13-19H2,1-2H3,(H,34,36)(H,37,38)/t21-/m1/s1. The highest BCUT2D eigenvalue weighted by molar-refractivity contribution is 5.77. The van der Waals surface area contributed by atoms with Gasteiger partial charge < -0.3 is 24.8 Å². The molecule has 11 heteroatoms. The molecule has 222 valence electrons. The van der Waals surface area contributed by atoms with Gasteiger partial charge in [0.1, 0.15) is 0 Å². The van der Waals surface area contributed by atoms with Crippen molar-refractivity contribution in [3.8, 4) is 5.75 Å². The van der Waals surface area contributed by atoms with Crippen LogP contribution in [0.5, 0.6) is 5.75 Å². The molecule has 0 aliphatic carbocycles. The third-order valence-electron chi connectivity index (χ3n) is 6.10. The van der Waals surface area contributed by atoms with E-state index < -0.39 is 53.2 Å². The van der Waals surface area contributed by atoms with Crippen molar-refractivity contribution in [2.75, 3.05) is 33.9 Å². The Morgan fingerprint density at radius 3 is 2.15 bits per heavy atom. The lowest BCUT2D eigenvalue weighted by molar-refractivity contribution is -0.137. The van der Waals surface area contributed by atoms with E-state index in [1.807, 2.05) is 11.0 Å². The number of nitrogens with zero attached hydrogens (tertiary/aromatic N) is 1. The van der Waals surface area contributed by atoms with Crippen LogP contribution in [0.15, 0.2) is 30.3 Å². The first-order chi connectivity index (χ1) is 19.1. The quantitative estimate of drug-likeness (QED) is 0.136. The van der Waals surface area contributed by atoms with Crippen LogP contribution >= 0.6 is 0 Å². The van der Waals surface area contributed by atoms with Gasteiger partial charge in [0.05, 0.1) is 31.2 Å². The number of halogens is 4. The number of ether oxygens (including phenoxy) is 2. The molecule has 0 spiro atoms. The van der Waals surface area contributed by atoms with Crippen LogP contribution in [0.3, 0.4) is 0 Å². The zero-order valence-electron chi connectivity index (χ0n) is 23.0. The Bertz CT molecular complexity index is 1060. The van der Waals surface area contributed by atoms with Crippen LogP contribution in [-0.2, 0) is 27.4 Å². The highest BCUT2D eigenvalue weighted by Gasteiger charge is 2.26. The third-order valence-corrected chi connectivity index (χ3v) is 6.10. The van der Waals surface area contributed by atoms with Crippen molar-refractivity contribution >= 4 is 11.9 Å². The van der Waals surface area contributed by atoms with Crippen LogP contribution in [0.2, 0.25) is 0 Å². The summed E-state index contributed by atoms with van der Waals surface area (Å²) in [6.07, 6.45) is 3.90. The minimum absolute atomic E-state index is 0.138. The minimum atomic E-state index is -1.59. The number of nitrogens with one attached hydrogen (secondary N) is 1. The lowest BCUT2D eigenvalue weighted by Gasteiger charge is -2.20. The van der Waals surface area contributed by atoms with Crippen molar-refractivity contribution in [3.63, 3.8) is 0 Å². The van der Waals surface area contributed by atoms with Crippen molar-refractivity contribution in [1.29, 1.82) is 0 Å². The SMILES string of the molecule is CN(C)C[C@@H](CC(=O)O)NC(=O)CCCCCCCOCc1c(F)c(F)c(OCCc2ccccc2)c(F)c1F. The summed E-state index contributed by atoms with van der Waals surface area (Å²) in [7, 11) is 3.60. The summed E-state index contributed by atoms with van der Waals surface area (Å²) in [6.45, 7) is -0.212. The maximum atomic E-state index is 14.4. The topological polar surface area (TPSA) is 88.1 Å². The second-order valence-electron chi connectivity index (χ2n) is 9.84. The third kappa shape index (κ3) is 11.5. The molecule has 0 heterocycles. The van der Waals surface area contributed by atoms with Gasteiger partial charge in [0, 0.05) is 26.0 Å². The Morgan fingerprint density at radius 2 is 1.52 bits per heavy atom. The monoisotopic (exact) mass is 570 g/mol. The summed E-state index contributed by atoms with van der Waals surface area (Å²) in [6, 6.07) is 8.53. The average Bonchev–Trinajstić information content (AvgIpc) is 2.90. The fourth-order valence-corrected chi connectivity index (χ4v) is 4.13. The number of likely N-dealkylation sites (N-methyl/N-ethyl adjacent to an activating group) is 1. The zero-order chi connectivity index (χ0) is 29.5. The van der Waals surface area contributed by atoms with Gasteiger partial charge in [0.25, 0.3) is 0 Å². The number of carboxylic acid groups (broad SMARTS) is 1. The van der Waals surface area contributed by atoms with Crippen molar-refractivity contribution in [1.82, 2.24) is 10.2 Å². The number of benzene rings is 2. The van der Waals surface area contributed by atoms with Crippen LogP contribution in [0.1, 0.15) is 56.1 Å². The van der Waals surface area contributed by atoms with E-state index in [-0.39, 0.29) is 32.0 Å². The molecule has 0 fully saturated rings. The molecular formula is C29H38F4N2O5. The van der Waals surface area contributed by atoms with E-state index in [2.05, 4.69) is 5.32 Å². The lowest BCUT2D eigenvalue weighted by Crippen LogP contribution is -2.42. The zero-order valence-corrected chi connectivity index (χ0v) is 23.0. The van der Waals surface area contributed by atoms with Gasteiger partial charge in [-0.05, 0) is 32.5 Å². The van der Waals surface area contributed by atoms with Crippen molar-refractivity contribution in [3.05, 3.63) is 64.7 Å². The number of amides is 1. The molecule has 2 rings (SSSR count). The number of unbranched alkanes of at least 4 members (excludes halogenated alkanes) is 4. The van der Waals surface area contributed by atoms with Gasteiger partial charge in [-0.25, -0.2) is 8.78 Å². The Morgan fingerprint density at radius 1 is 0.900 bits per heavy atom. The normalized spacial score (nSPS) is 12.0. The second kappa shape index (κ2) is 17.5. The smallest absolute Gasteiger partial charge is 0.305 e. The van der Waals surface area contributed by atoms with Gasteiger partial charge in [0.15, 0.2) is 17.4 Å². The van der Waals surface area contributed by atoms with Gasteiger partial charge in [-0.1, -0.05) is 49.6 Å². The van der Waals surface area contributed by atoms with Crippen LogP contribution in [0, 0.1) is 23.3 Å². The van der Waals surface area contributed by atoms with E-state index in [9.17, 15) is 27.2 Å². The van der Waals surface area contributed by atoms with Crippen LogP contribution in [0.25, 0.3) is 0 Å². The van der Waals surface area contributed by atoms with Crippen LogP contribution < -0.4 is 10.1 Å². The van der Waals surface area contributed by atoms with E-state index in [0.717, 1.165) is 24.8 Å². The summed E-state index contributed by atoms with van der Waals surface area (Å²) in [5, 5.41) is 11.7. The molecule has 40 heavy (non-hydrogen) atoms. The summed E-state index contributed by atoms with van der Waals surface area (Å²) >= 11 is 0. The van der Waals surface area contributed by atoms with Gasteiger partial charge in [-0.3, -0.25) is 9.59 Å². The van der Waals surface area contributed by atoms with Crippen LogP contribution in [0.4, 0.5) is 17.6 Å². The first-order valence-electron chi connectivity index (χ1n) is 13.3. The number of carbonyl (C=O) groups is 2. The Labute approximate surface area is 232 Å². The van der Waals surface area contributed by atoms with Crippen molar-refractivity contribution < 1.29 is 41.7 Å². The minimum Gasteiger partial charge on any atom is -0.487 e. The predicted octanol–water partition coefficient (Wildman–Crippen LogP) is 5.24. The molecule has 0 radical (unpaired) electrons. The van der Waals surface area contributed by atoms with Gasteiger partial charge in [0.2, 0.25) is 17.5 Å². The average molecular weight is 571 g/mol. The maximum absolute atomic E-state index is 14.4. The summed E-state index contributed by atoms with van der Waals surface area (Å²) in [4.78, 5) is 24.9. The number of aliphatic carboxylic acids is 1. The number of rotatable bonds is 19. The number of hydrogen-bond acceptors (Lipinski definition) is 5. The number of hydrogen-bond donors (Lipinski definition) is 2. The molecule has 0 bridgehead atoms. The molecule has 0 saturated heterocycles. The number of carboxylic acids is 1. The Balaban J connectivity index is 1.67. The van der Waals surface area contributed by atoms with E-state index >= 15 is 0 Å². The van der Waals surface area contributed by atoms with Crippen molar-refractivity contribution in [2.45, 2.75) is 64.0 Å². The Kier molecular flexibility index (Phi) is 14.4. The van der Waals surface area contributed by atoms with E-state index in [1.165, 1.54) is 0 Å². The maximum Gasteiger partial charge on any atom is 0.305 e. The van der Waals surface area contributed by atoms with Crippen LogP contribution in [-0.4, -0.2) is 61.8 Å². The van der Waals surface area contributed by atoms with Gasteiger partial charge in [-0.15, -0.1) is 0 Å². The largest absolute Gasteiger partial charge is 0.487 e. The fourth-order valence-electron chi connectivity index (χ4n) is 4.13. The molecule has 0 aromatic heterocycles. The van der Waals surface area contributed by atoms with Gasteiger partial charge >= 0.3 is 5.97 Å². The van der Waals surface area contributed by atoms with E-state index in [0.29, 0.717) is 25.8 Å². The molecule has 0 aliphatic rings. The summed E-state index contributed by atoms with van der Waals surface area (Å²) < 4.78 is 67.9. The highest BCUT2D eigenvalue weighted by atomic mass is 19.2. The molecule has 0 unspecified atom stereocenters. The molecule has 2 aromatic carbocycles. The molecule has 7 nitrogen and oxygen atoms in total.